The summed E-state index contributed by atoms with van der Waals surface area (Å²) >= 11 is 0. The third-order valence-electron chi connectivity index (χ3n) is 10.0. The van der Waals surface area contributed by atoms with Gasteiger partial charge in [0.25, 0.3) is 6.71 Å². The van der Waals surface area contributed by atoms with E-state index >= 15 is 0 Å². The summed E-state index contributed by atoms with van der Waals surface area (Å²) in [4.78, 5) is 4.96. The largest absolute Gasteiger partial charge is 0.336 e. The fourth-order valence-corrected chi connectivity index (χ4v) is 8.18. The maximum absolute atomic E-state index is 2.52. The Kier molecular flexibility index (Phi) is 5.73. The van der Waals surface area contributed by atoms with E-state index in [2.05, 4.69) is 184 Å². The van der Waals surface area contributed by atoms with Gasteiger partial charge in [-0.25, -0.2) is 0 Å². The minimum absolute atomic E-state index is 0.102. The van der Waals surface area contributed by atoms with Crippen LogP contribution < -0.4 is 26.2 Å². The molecule has 7 aromatic carbocycles. The summed E-state index contributed by atoms with van der Waals surface area (Å²) < 4.78 is 2.50. The molecule has 4 heteroatoms. The second-order valence-corrected chi connectivity index (χ2v) is 12.5. The molecule has 0 spiro atoms. The van der Waals surface area contributed by atoms with Crippen molar-refractivity contribution in [3.8, 4) is 0 Å². The van der Waals surface area contributed by atoms with Crippen molar-refractivity contribution in [1.29, 1.82) is 0 Å². The Morgan fingerprint density at radius 2 is 0.915 bits per heavy atom. The molecule has 2 aliphatic rings. The maximum atomic E-state index is 2.52. The lowest BCUT2D eigenvalue weighted by Gasteiger charge is -2.44. The van der Waals surface area contributed by atoms with E-state index in [1.165, 1.54) is 77.9 Å². The van der Waals surface area contributed by atoms with Crippen molar-refractivity contribution in [3.05, 3.63) is 175 Å². The van der Waals surface area contributed by atoms with Gasteiger partial charge in [-0.2, -0.15) is 0 Å². The zero-order chi connectivity index (χ0) is 30.9. The Morgan fingerprint density at radius 3 is 1.62 bits per heavy atom. The van der Waals surface area contributed by atoms with Gasteiger partial charge in [-0.15, -0.1) is 0 Å². The normalized spacial score (nSPS) is 13.1. The van der Waals surface area contributed by atoms with Crippen LogP contribution in [-0.2, 0) is 6.54 Å². The molecule has 0 amide bonds. The van der Waals surface area contributed by atoms with Crippen molar-refractivity contribution < 1.29 is 0 Å². The molecule has 8 aromatic rings. The van der Waals surface area contributed by atoms with Crippen molar-refractivity contribution in [2.75, 3.05) is 9.80 Å². The first-order valence-electron chi connectivity index (χ1n) is 16.4. The lowest BCUT2D eigenvalue weighted by Crippen LogP contribution is -2.61. The van der Waals surface area contributed by atoms with Crippen LogP contribution in [0.25, 0.3) is 21.8 Å². The number of nitrogens with zero attached hydrogens (tertiary/aromatic N) is 3. The molecule has 0 saturated heterocycles. The van der Waals surface area contributed by atoms with Gasteiger partial charge < -0.3 is 14.4 Å². The van der Waals surface area contributed by atoms with Crippen LogP contribution in [0.4, 0.5) is 34.1 Å². The van der Waals surface area contributed by atoms with Gasteiger partial charge in [-0.05, 0) is 76.5 Å². The van der Waals surface area contributed by atoms with Gasteiger partial charge in [0, 0.05) is 55.9 Å². The van der Waals surface area contributed by atoms with Gasteiger partial charge in [-0.1, -0.05) is 115 Å². The lowest BCUT2D eigenvalue weighted by molar-refractivity contribution is 0.868. The van der Waals surface area contributed by atoms with E-state index in [9.17, 15) is 0 Å². The molecular formula is C43H30BN3. The van der Waals surface area contributed by atoms with Gasteiger partial charge in [0.05, 0.1) is 6.54 Å². The third kappa shape index (κ3) is 3.82. The van der Waals surface area contributed by atoms with Crippen LogP contribution in [0.1, 0.15) is 5.56 Å². The molecule has 3 nitrogen and oxygen atoms in total. The van der Waals surface area contributed by atoms with Crippen molar-refractivity contribution in [2.45, 2.75) is 6.54 Å². The van der Waals surface area contributed by atoms with Gasteiger partial charge in [0.1, 0.15) is 0 Å². The first-order valence-corrected chi connectivity index (χ1v) is 16.4. The number of para-hydroxylation sites is 6. The number of fused-ring (bicyclic) bond motifs is 7. The number of rotatable bonds is 4. The Labute approximate surface area is 274 Å². The molecular weight excluding hydrogens is 569 g/mol. The van der Waals surface area contributed by atoms with Crippen LogP contribution in [0.2, 0.25) is 0 Å². The molecule has 0 saturated carbocycles. The molecule has 1 aromatic heterocycles. The van der Waals surface area contributed by atoms with Gasteiger partial charge in [0.2, 0.25) is 0 Å². The minimum atomic E-state index is 0.102. The quantitative estimate of drug-likeness (QED) is 0.187. The van der Waals surface area contributed by atoms with Gasteiger partial charge >= 0.3 is 0 Å². The molecule has 0 aliphatic carbocycles. The highest BCUT2D eigenvalue weighted by atomic mass is 15.2. The Bertz CT molecular complexity index is 2410. The molecule has 0 atom stereocenters. The van der Waals surface area contributed by atoms with Crippen molar-refractivity contribution in [1.82, 2.24) is 4.57 Å². The number of benzene rings is 7. The van der Waals surface area contributed by atoms with Crippen LogP contribution in [0.15, 0.2) is 170 Å². The first-order chi connectivity index (χ1) is 23.4. The molecule has 0 bridgehead atoms. The summed E-state index contributed by atoms with van der Waals surface area (Å²) in [5.74, 6) is 0. The predicted molar refractivity (Wildman–Crippen MR) is 199 cm³/mol. The number of anilines is 6. The average Bonchev–Trinajstić information content (AvgIpc) is 3.45. The second kappa shape index (κ2) is 10.3. The summed E-state index contributed by atoms with van der Waals surface area (Å²) in [6.07, 6.45) is 0. The topological polar surface area (TPSA) is 11.4 Å². The molecule has 0 fully saturated rings. The zero-order valence-electron chi connectivity index (χ0n) is 25.8. The lowest BCUT2D eigenvalue weighted by atomic mass is 9.33. The molecule has 0 radical (unpaired) electrons. The van der Waals surface area contributed by atoms with Crippen molar-refractivity contribution >= 4 is 79.0 Å². The molecule has 47 heavy (non-hydrogen) atoms. The minimum Gasteiger partial charge on any atom is -0.336 e. The molecule has 10 rings (SSSR count). The van der Waals surface area contributed by atoms with Crippen molar-refractivity contribution in [2.24, 2.45) is 0 Å². The zero-order valence-corrected chi connectivity index (χ0v) is 25.8. The number of hydrogen-bond acceptors (Lipinski definition) is 2. The Balaban J connectivity index is 1.26. The van der Waals surface area contributed by atoms with E-state index in [0.717, 1.165) is 6.54 Å². The molecule has 2 aliphatic heterocycles. The van der Waals surface area contributed by atoms with E-state index in [0.29, 0.717) is 0 Å². The Morgan fingerprint density at radius 1 is 0.404 bits per heavy atom. The molecule has 0 N–H and O–H groups in total. The summed E-state index contributed by atoms with van der Waals surface area (Å²) in [6, 6.07) is 62.1. The summed E-state index contributed by atoms with van der Waals surface area (Å²) in [5.41, 5.74) is 15.2. The smallest absolute Gasteiger partial charge is 0.252 e. The Hall–Kier alpha value is -6.00. The maximum Gasteiger partial charge on any atom is 0.252 e. The van der Waals surface area contributed by atoms with Crippen LogP contribution in [-0.4, -0.2) is 11.3 Å². The fourth-order valence-electron chi connectivity index (χ4n) is 8.18. The van der Waals surface area contributed by atoms with Crippen LogP contribution in [0.3, 0.4) is 0 Å². The standard InChI is InChI=1S/C43H30BN3/c1-3-16-31(17-4-1)46-39-26-12-9-22-35(39)44-36-23-13-15-30(29-45-37-24-10-7-20-33(37)34-21-8-11-25-38(34)45)43(36)47(32-18-5-2-6-19-32)41-28-14-27-40(46)42(41)44/h1-28H,29H2. The number of aromatic nitrogens is 1. The van der Waals surface area contributed by atoms with Crippen molar-refractivity contribution in [3.63, 3.8) is 0 Å². The van der Waals surface area contributed by atoms with E-state index in [4.69, 9.17) is 0 Å². The van der Waals surface area contributed by atoms with E-state index in [-0.39, 0.29) is 6.71 Å². The second-order valence-electron chi connectivity index (χ2n) is 12.5. The number of hydrogen-bond donors (Lipinski definition) is 0. The van der Waals surface area contributed by atoms with Gasteiger partial charge in [-0.3, -0.25) is 0 Å². The fraction of sp³-hybridized carbons (Fsp3) is 0.0233. The van der Waals surface area contributed by atoms with E-state index < -0.39 is 0 Å². The highest BCUT2D eigenvalue weighted by molar-refractivity contribution is 7.00. The first kappa shape index (κ1) is 26.2. The summed E-state index contributed by atoms with van der Waals surface area (Å²) in [7, 11) is 0. The van der Waals surface area contributed by atoms with Crippen LogP contribution in [0, 0.1) is 0 Å². The third-order valence-corrected chi connectivity index (χ3v) is 10.0. The van der Waals surface area contributed by atoms with E-state index in [1.54, 1.807) is 0 Å². The molecule has 0 unspecified atom stereocenters. The van der Waals surface area contributed by atoms with Crippen LogP contribution >= 0.6 is 0 Å². The summed E-state index contributed by atoms with van der Waals surface area (Å²) in [5, 5.41) is 2.59. The van der Waals surface area contributed by atoms with Gasteiger partial charge in [0.15, 0.2) is 0 Å². The van der Waals surface area contributed by atoms with E-state index in [1.807, 2.05) is 0 Å². The highest BCUT2D eigenvalue weighted by Crippen LogP contribution is 2.45. The van der Waals surface area contributed by atoms with Crippen LogP contribution in [0.5, 0.6) is 0 Å². The predicted octanol–water partition coefficient (Wildman–Crippen LogP) is 8.93. The molecule has 3 heterocycles. The molecule has 220 valence electrons. The summed E-state index contributed by atoms with van der Waals surface area (Å²) in [6.45, 7) is 0.866. The monoisotopic (exact) mass is 599 g/mol. The SMILES string of the molecule is c1ccc(N2c3ccccc3B3c4cccc(Cn5c6ccccc6c6ccccc65)c4N(c4ccccc4)c4cccc2c43)cc1. The average molecular weight is 600 g/mol. The highest BCUT2D eigenvalue weighted by Gasteiger charge is 2.43.